The molecule has 2 atom stereocenters. The fourth-order valence-corrected chi connectivity index (χ4v) is 9.58. The van der Waals surface area contributed by atoms with E-state index in [1.165, 1.54) is 85.7 Å². The van der Waals surface area contributed by atoms with Gasteiger partial charge in [-0.15, -0.1) is 0 Å². The summed E-state index contributed by atoms with van der Waals surface area (Å²) in [6.45, 7) is 9.77. The van der Waals surface area contributed by atoms with Gasteiger partial charge in [-0.3, -0.25) is 28.3 Å². The summed E-state index contributed by atoms with van der Waals surface area (Å²) in [5, 5.41) is 1.01. The van der Waals surface area contributed by atoms with Crippen LogP contribution in [0.1, 0.15) is 102 Å². The van der Waals surface area contributed by atoms with E-state index in [0.717, 1.165) is 73.4 Å². The first-order valence-electron chi connectivity index (χ1n) is 26.6. The van der Waals surface area contributed by atoms with Crippen LogP contribution in [0.5, 0.6) is 0 Å². The number of hydrogen-bond donors (Lipinski definition) is 1. The third-order valence-electron chi connectivity index (χ3n) is 13.2. The smallest absolute Gasteiger partial charge is 0.332 e. The molecule has 81 heavy (non-hydrogen) atoms. The highest BCUT2D eigenvalue weighted by molar-refractivity contribution is 9.09. The van der Waals surface area contributed by atoms with Crippen LogP contribution in [0, 0.1) is 35.4 Å². The number of aromatic amines is 1. The molecular formula is C56H61BrF6N10O8. The third-order valence-corrected chi connectivity index (χ3v) is 13.8. The van der Waals surface area contributed by atoms with Crippen molar-refractivity contribution in [2.24, 2.45) is 0 Å². The Labute approximate surface area is 468 Å². The zero-order chi connectivity index (χ0) is 57.9. The molecule has 10 rings (SSSR count). The van der Waals surface area contributed by atoms with E-state index in [2.05, 4.69) is 40.8 Å². The van der Waals surface area contributed by atoms with E-state index in [-0.39, 0.29) is 83.4 Å². The Kier molecular flexibility index (Phi) is 20.5. The number of H-pyrrole nitrogens is 1. The van der Waals surface area contributed by atoms with Gasteiger partial charge in [0, 0.05) is 50.3 Å². The van der Waals surface area contributed by atoms with Crippen molar-refractivity contribution in [2.75, 3.05) is 31.8 Å². The van der Waals surface area contributed by atoms with Crippen molar-refractivity contribution < 1.29 is 45.3 Å². The lowest BCUT2D eigenvalue weighted by atomic mass is 10.2. The normalized spacial score (nSPS) is 15.5. The Balaban J connectivity index is 0.000000184. The van der Waals surface area contributed by atoms with Gasteiger partial charge in [-0.2, -0.15) is 27.5 Å². The Morgan fingerprint density at radius 1 is 0.593 bits per heavy atom. The molecule has 8 heterocycles. The van der Waals surface area contributed by atoms with Crippen LogP contribution in [0.3, 0.4) is 0 Å². The Morgan fingerprint density at radius 2 is 1.06 bits per heavy atom. The van der Waals surface area contributed by atoms with Gasteiger partial charge >= 0.3 is 11.4 Å². The SMILES string of the molecule is BrCCCOC1CCCCO1.CC(C)n1c(=O)[nH]c(=O)c2c1nc(-c1ccc(F)nc1F)n2Cc1ccc(F)cc1.CC(C)n1c(=O)n(CCCOC2CCCCO2)c(=O)c2c1nc(-c1ccc(F)nc1F)n2Cc1ccc(F)cc1. The van der Waals surface area contributed by atoms with Gasteiger partial charge in [-0.05, 0) is 139 Å². The lowest BCUT2D eigenvalue weighted by Crippen LogP contribution is -2.41. The third kappa shape index (κ3) is 14.5. The zero-order valence-corrected chi connectivity index (χ0v) is 46.6. The van der Waals surface area contributed by atoms with Crippen LogP contribution < -0.4 is 22.5 Å². The van der Waals surface area contributed by atoms with E-state index >= 15 is 0 Å². The van der Waals surface area contributed by atoms with Crippen LogP contribution in [-0.2, 0) is 38.6 Å². The van der Waals surface area contributed by atoms with Gasteiger partial charge < -0.3 is 28.1 Å². The average Bonchev–Trinajstić information content (AvgIpc) is 4.22. The number of pyridine rings is 2. The van der Waals surface area contributed by atoms with Crippen LogP contribution in [0.2, 0.25) is 0 Å². The van der Waals surface area contributed by atoms with Crippen molar-refractivity contribution in [2.45, 2.75) is 123 Å². The van der Waals surface area contributed by atoms with Gasteiger partial charge in [0.2, 0.25) is 23.8 Å². The molecule has 8 aromatic rings. The van der Waals surface area contributed by atoms with E-state index in [1.807, 2.05) is 0 Å². The molecule has 2 fully saturated rings. The van der Waals surface area contributed by atoms with Gasteiger partial charge in [-0.25, -0.2) is 28.3 Å². The van der Waals surface area contributed by atoms with Crippen LogP contribution in [0.15, 0.2) is 92.0 Å². The molecule has 0 bridgehead atoms. The van der Waals surface area contributed by atoms with Gasteiger partial charge in [0.15, 0.2) is 34.9 Å². The van der Waals surface area contributed by atoms with E-state index < -0.39 is 64.0 Å². The second kappa shape index (κ2) is 27.6. The maximum absolute atomic E-state index is 14.9. The molecule has 0 amide bonds. The number of aromatic nitrogens is 10. The largest absolute Gasteiger partial charge is 0.353 e. The van der Waals surface area contributed by atoms with E-state index in [9.17, 15) is 45.5 Å². The number of halogens is 7. The number of fused-ring (bicyclic) bond motifs is 2. The molecule has 2 aliphatic heterocycles. The highest BCUT2D eigenvalue weighted by Gasteiger charge is 2.27. The molecular weight excluding hydrogens is 1130 g/mol. The zero-order valence-electron chi connectivity index (χ0n) is 45.0. The number of nitrogens with one attached hydrogen (secondary N) is 1. The monoisotopic (exact) mass is 1190 g/mol. The molecule has 0 radical (unpaired) electrons. The predicted octanol–water partition coefficient (Wildman–Crippen LogP) is 9.71. The fourth-order valence-electron chi connectivity index (χ4n) is 9.36. The number of benzene rings is 2. The van der Waals surface area contributed by atoms with Gasteiger partial charge in [-0.1, -0.05) is 40.2 Å². The first-order valence-corrected chi connectivity index (χ1v) is 27.7. The minimum Gasteiger partial charge on any atom is -0.353 e. The summed E-state index contributed by atoms with van der Waals surface area (Å²) in [6, 6.07) is 14.7. The van der Waals surface area contributed by atoms with Crippen molar-refractivity contribution in [1.29, 1.82) is 0 Å². The molecule has 2 saturated heterocycles. The van der Waals surface area contributed by atoms with Crippen molar-refractivity contribution in [1.82, 2.24) is 47.8 Å². The Bertz CT molecular complexity index is 3680. The first-order chi connectivity index (χ1) is 38.9. The second-order valence-corrected chi connectivity index (χ2v) is 20.5. The topological polar surface area (TPSA) is 197 Å². The number of nitrogens with zero attached hydrogens (tertiary/aromatic N) is 9. The molecule has 432 valence electrons. The standard InChI is InChI=1S/C28H30F3N5O4.C20H16F3N5O2.C8H15BrO2/c1-17(2)36-26-23(27(37)34(28(36)38)13-5-15-40-22-6-3-4-14-39-22)35(16-18-7-9-19(29)10-8-18)25(33-26)20-11-12-21(30)32-24(20)31;1-10(2)28-18-15(19(29)26-20(28)30)27(9-11-3-5-12(21)6-4-11)17(25-18)13-7-8-14(22)24-16(13)23;9-5-3-7-11-8-4-1-2-6-10-8/h7-12,17,22H,3-6,13-16H2,1-2H3;3-8,10H,9H2,1-2H3,(H,26,29,30);8H,1-7H2. The molecule has 6 aromatic heterocycles. The number of imidazole rings is 2. The van der Waals surface area contributed by atoms with Crippen LogP contribution in [0.4, 0.5) is 26.3 Å². The molecule has 18 nitrogen and oxygen atoms in total. The van der Waals surface area contributed by atoms with Crippen molar-refractivity contribution >= 4 is 38.3 Å². The maximum atomic E-state index is 14.9. The fraction of sp³-hybridized carbons (Fsp3) is 0.429. The number of rotatable bonds is 17. The van der Waals surface area contributed by atoms with Gasteiger partial charge in [0.1, 0.15) is 23.3 Å². The summed E-state index contributed by atoms with van der Waals surface area (Å²) in [5.74, 6) is -5.13. The lowest BCUT2D eigenvalue weighted by molar-refractivity contribution is -0.163. The predicted molar refractivity (Wildman–Crippen MR) is 293 cm³/mol. The highest BCUT2D eigenvalue weighted by atomic mass is 79.9. The molecule has 0 aliphatic carbocycles. The number of ether oxygens (including phenoxy) is 4. The lowest BCUT2D eigenvalue weighted by Gasteiger charge is -2.22. The van der Waals surface area contributed by atoms with Crippen molar-refractivity contribution in [3.8, 4) is 22.8 Å². The minimum absolute atomic E-state index is 0.00856. The molecule has 1 N–H and O–H groups in total. The number of alkyl halides is 1. The summed E-state index contributed by atoms with van der Waals surface area (Å²) >= 11 is 3.35. The van der Waals surface area contributed by atoms with Gasteiger partial charge in [0.05, 0.1) is 24.3 Å². The van der Waals surface area contributed by atoms with E-state index in [0.29, 0.717) is 30.8 Å². The summed E-state index contributed by atoms with van der Waals surface area (Å²) in [5.41, 5.74) is -1.39. The van der Waals surface area contributed by atoms with Gasteiger partial charge in [0.25, 0.3) is 11.1 Å². The summed E-state index contributed by atoms with van der Waals surface area (Å²) in [7, 11) is 0. The summed E-state index contributed by atoms with van der Waals surface area (Å²) in [6.07, 6.45) is 7.57. The second-order valence-electron chi connectivity index (χ2n) is 19.7. The molecule has 2 unspecified atom stereocenters. The molecule has 2 aliphatic rings. The maximum Gasteiger partial charge on any atom is 0.332 e. The molecule has 0 saturated carbocycles. The van der Waals surface area contributed by atoms with E-state index in [1.54, 1.807) is 27.7 Å². The molecule has 0 spiro atoms. The van der Waals surface area contributed by atoms with E-state index in [4.69, 9.17) is 18.9 Å². The molecule has 2 aromatic carbocycles. The minimum atomic E-state index is -1.11. The van der Waals surface area contributed by atoms with Crippen LogP contribution >= 0.6 is 15.9 Å². The Morgan fingerprint density at radius 3 is 1.51 bits per heavy atom. The molecule has 25 heteroatoms. The van der Waals surface area contributed by atoms with Crippen LogP contribution in [0.25, 0.3) is 45.1 Å². The summed E-state index contributed by atoms with van der Waals surface area (Å²) in [4.78, 5) is 70.0. The number of hydrogen-bond acceptors (Lipinski definition) is 12. The summed E-state index contributed by atoms with van der Waals surface area (Å²) < 4.78 is 112. The first kappa shape index (κ1) is 60.0. The van der Waals surface area contributed by atoms with Crippen LogP contribution in [-0.4, -0.2) is 92.1 Å². The quantitative estimate of drug-likeness (QED) is 0.0393. The Hall–Kier alpha value is -7.06. The average molecular weight is 1200 g/mol. The van der Waals surface area contributed by atoms with Crippen molar-refractivity contribution in [3.63, 3.8) is 0 Å². The van der Waals surface area contributed by atoms with Crippen molar-refractivity contribution in [3.05, 3.63) is 161 Å². The highest BCUT2D eigenvalue weighted by Crippen LogP contribution is 2.29.